The second-order valence-corrected chi connectivity index (χ2v) is 36.6. The molecule has 3 N–H and O–H groups in total. The summed E-state index contributed by atoms with van der Waals surface area (Å²) in [7, 11) is 1.27. The first kappa shape index (κ1) is 104. The lowest BCUT2D eigenvalue weighted by molar-refractivity contribution is -0.149. The van der Waals surface area contributed by atoms with E-state index in [4.69, 9.17) is 37.9 Å². The number of allylic oxidation sites excluding steroid dienone is 2. The van der Waals surface area contributed by atoms with E-state index in [2.05, 4.69) is 31.9 Å². The average Bonchev–Trinajstić information content (AvgIpc) is 1.62. The van der Waals surface area contributed by atoms with Crippen molar-refractivity contribution in [2.24, 2.45) is 0 Å². The molecule has 4 fully saturated rings. The van der Waals surface area contributed by atoms with E-state index in [1.54, 1.807) is 113 Å². The van der Waals surface area contributed by atoms with Gasteiger partial charge in [-0.1, -0.05) is 256 Å². The van der Waals surface area contributed by atoms with Crippen LogP contribution in [-0.4, -0.2) is 94.5 Å². The zero-order valence-electron chi connectivity index (χ0n) is 80.2. The summed E-state index contributed by atoms with van der Waals surface area (Å²) in [6.45, 7) is 0.939. The third-order valence-corrected chi connectivity index (χ3v) is 26.0. The highest BCUT2D eigenvalue weighted by Gasteiger charge is 2.51. The molecule has 0 bridgehead atoms. The molecule has 4 amide bonds. The van der Waals surface area contributed by atoms with Crippen LogP contribution in [0, 0.1) is 17.5 Å². The minimum absolute atomic E-state index is 0.0417. The predicted molar refractivity (Wildman–Crippen MR) is 569 cm³/mol. The van der Waals surface area contributed by atoms with E-state index >= 15 is 0 Å². The number of hydrogen-bond acceptors (Lipinski definition) is 19. The van der Waals surface area contributed by atoms with Gasteiger partial charge >= 0.3 is 30.3 Å². The molecule has 8 atom stereocenters. The van der Waals surface area contributed by atoms with Crippen molar-refractivity contribution >= 4 is 102 Å². The number of para-hydroxylation sites is 4. The first-order chi connectivity index (χ1) is 72.9. The molecule has 0 spiro atoms. The number of aromatic hydroxyl groups is 3. The fourth-order valence-electron chi connectivity index (χ4n) is 17.7. The number of ketones is 3. The largest absolute Gasteiger partial charge is 0.508 e. The van der Waals surface area contributed by atoms with Crippen molar-refractivity contribution in [1.82, 2.24) is 0 Å². The van der Waals surface area contributed by atoms with E-state index in [-0.39, 0.29) is 54.0 Å². The Morgan fingerprint density at radius 3 is 1.05 bits per heavy atom. The highest BCUT2D eigenvalue weighted by atomic mass is 79.9. The minimum atomic E-state index is -1.13. The van der Waals surface area contributed by atoms with Gasteiger partial charge in [-0.2, -0.15) is 0 Å². The second kappa shape index (κ2) is 48.9. The minimum Gasteiger partial charge on any atom is -0.508 e. The molecule has 28 heteroatoms. The summed E-state index contributed by atoms with van der Waals surface area (Å²) in [6.07, 6.45) is 0.330. The van der Waals surface area contributed by atoms with E-state index in [0.717, 1.165) is 47.9 Å². The van der Waals surface area contributed by atoms with Crippen molar-refractivity contribution in [2.75, 3.05) is 26.7 Å². The fourth-order valence-corrected chi connectivity index (χ4v) is 18.4. The highest BCUT2D eigenvalue weighted by Crippen LogP contribution is 2.49. The Morgan fingerprint density at radius 2 is 0.660 bits per heavy atom. The quantitative estimate of drug-likeness (QED) is 0.0163. The van der Waals surface area contributed by atoms with Gasteiger partial charge in [0.25, 0.3) is 0 Å². The molecule has 0 unspecified atom stereocenters. The van der Waals surface area contributed by atoms with Crippen molar-refractivity contribution in [3.8, 4) is 56.8 Å². The van der Waals surface area contributed by atoms with E-state index in [1.165, 1.54) is 102 Å². The molecular formula is C122H95Br2F3N4O19. The summed E-state index contributed by atoms with van der Waals surface area (Å²) in [5.74, 6) is -0.953. The van der Waals surface area contributed by atoms with Crippen molar-refractivity contribution in [1.29, 1.82) is 0 Å². The van der Waals surface area contributed by atoms with E-state index in [0.29, 0.717) is 92.2 Å². The summed E-state index contributed by atoms with van der Waals surface area (Å²) in [6, 6.07) is 114. The maximum Gasteiger partial charge on any atom is 0.415 e. The lowest BCUT2D eigenvalue weighted by Crippen LogP contribution is -2.33. The maximum absolute atomic E-state index is 13.4. The Hall–Kier alpha value is -17.9. The number of ether oxygens (including phenoxy) is 8. The Morgan fingerprint density at radius 1 is 0.333 bits per heavy atom. The number of nitrogens with zero attached hydrogens (tertiary/aromatic N) is 4. The van der Waals surface area contributed by atoms with Crippen molar-refractivity contribution in [3.63, 3.8) is 0 Å². The van der Waals surface area contributed by atoms with E-state index in [9.17, 15) is 66.8 Å². The van der Waals surface area contributed by atoms with Crippen LogP contribution in [-0.2, 0) is 48.3 Å². The third kappa shape index (κ3) is 25.4. The molecule has 0 radical (unpaired) electrons. The van der Waals surface area contributed by atoms with Gasteiger partial charge in [0.1, 0.15) is 114 Å². The number of amides is 4. The number of halogens is 5. The molecule has 150 heavy (non-hydrogen) atoms. The maximum atomic E-state index is 13.4. The molecular weight excluding hydrogens is 2040 g/mol. The molecule has 20 rings (SSSR count). The standard InChI is InChI=1S/C37H28FNO5.C31H23BrFNO4.C30H24FNO5.C24H20BrNO5/c38-29-17-14-26(15-18-29)33(41)20-21-34-36(39(37(42)44-34)30-11-5-2-6-12-30)32-19-16-28(27-10-7-13-31(40)22-27)23-35(32)43-24-25-8-3-1-4-9-25;32-23-13-16-26(29(19-23)37-20-21-7-3-1-4-8-21)30-28(18-17-27(35)22-11-14-24(33)15-12-22)38-31(36)34(30)25-9-5-2-6-10-25;31-22-12-9-19(10-13-22)26(34)15-16-28-29(32(30(36)37-28)23-6-2-1-3-7-23)25-14-11-21(18-27(25)35)20-5-4-8-24(33)17-20;1-29-23(27)22-21(26(24(28)31-22)18-10-6-3-7-11-18)19-13-12-17(25)14-20(19)30-15-16-8-4-2-5-9-16/h1-23,34,36,40H,24H2;1-19,28,30H,20H2;1-14,17-18,28-29,33,35H,15-16H2;2-14,21-22H,15H2,1H3/b21-20+;18-17+;;/t34-,36-;28-,30-;28-,29-;21-,22+/m1111/s1. The number of Topliss-reactive ketones (excluding diaryl/α,β-unsaturated/α-hetero) is 1. The van der Waals surface area contributed by atoms with Crippen LogP contribution >= 0.6 is 31.9 Å². The molecule has 0 saturated carbocycles. The topological polar surface area (TPSA) is 284 Å². The van der Waals surface area contributed by atoms with Crippen LogP contribution in [0.3, 0.4) is 0 Å². The highest BCUT2D eigenvalue weighted by molar-refractivity contribution is 9.10. The number of carbonyl (C=O) groups is 8. The molecule has 0 aromatic heterocycles. The van der Waals surface area contributed by atoms with Crippen LogP contribution < -0.4 is 33.8 Å². The lowest BCUT2D eigenvalue weighted by Gasteiger charge is -2.26. The number of phenolic OH excluding ortho intramolecular Hbond substituents is 3. The summed E-state index contributed by atoms with van der Waals surface area (Å²) in [5, 5.41) is 31.0. The van der Waals surface area contributed by atoms with Crippen LogP contribution in [0.2, 0.25) is 0 Å². The molecule has 752 valence electrons. The van der Waals surface area contributed by atoms with Gasteiger partial charge in [0.05, 0.1) is 7.11 Å². The number of benzene rings is 16. The summed E-state index contributed by atoms with van der Waals surface area (Å²) in [5.41, 5.74) is 12.0. The molecule has 16 aromatic rings. The van der Waals surface area contributed by atoms with Crippen molar-refractivity contribution in [2.45, 2.75) is 81.2 Å². The normalized spacial score (nSPS) is 16.9. The Bertz CT molecular complexity index is 7550. The summed E-state index contributed by atoms with van der Waals surface area (Å²) in [4.78, 5) is 109. The molecule has 4 heterocycles. The van der Waals surface area contributed by atoms with Gasteiger partial charge in [-0.25, -0.2) is 37.1 Å². The van der Waals surface area contributed by atoms with Crippen LogP contribution in [0.5, 0.6) is 34.5 Å². The number of rotatable bonds is 30. The van der Waals surface area contributed by atoms with Crippen LogP contribution in [0.15, 0.2) is 440 Å². The molecule has 4 saturated heterocycles. The van der Waals surface area contributed by atoms with Crippen LogP contribution in [0.25, 0.3) is 22.3 Å². The number of methoxy groups -OCH3 is 1. The van der Waals surface area contributed by atoms with E-state index in [1.807, 2.05) is 243 Å². The number of phenols is 3. The van der Waals surface area contributed by atoms with Gasteiger partial charge in [-0.3, -0.25) is 34.0 Å². The van der Waals surface area contributed by atoms with Gasteiger partial charge in [0.15, 0.2) is 17.3 Å². The molecule has 16 aromatic carbocycles. The molecule has 0 aliphatic carbocycles. The van der Waals surface area contributed by atoms with Crippen molar-refractivity contribution < 1.29 is 105 Å². The van der Waals surface area contributed by atoms with Crippen LogP contribution in [0.1, 0.15) is 107 Å². The first-order valence-corrected chi connectivity index (χ1v) is 49.2. The second-order valence-electron chi connectivity index (χ2n) is 34.8. The average molecular weight is 2140 g/mol. The van der Waals surface area contributed by atoms with Gasteiger partial charge in [-0.15, -0.1) is 0 Å². The zero-order valence-corrected chi connectivity index (χ0v) is 83.4. The first-order valence-electron chi connectivity index (χ1n) is 47.6. The Balaban J connectivity index is 0.000000137. The van der Waals surface area contributed by atoms with E-state index < -0.39 is 96.4 Å². The van der Waals surface area contributed by atoms with Crippen molar-refractivity contribution in [3.05, 3.63) is 513 Å². The smallest absolute Gasteiger partial charge is 0.415 e. The zero-order chi connectivity index (χ0) is 105. The summed E-state index contributed by atoms with van der Waals surface area (Å²) < 4.78 is 88.1. The Labute approximate surface area is 878 Å². The molecule has 4 aliphatic heterocycles. The number of esters is 1. The van der Waals surface area contributed by atoms with Gasteiger partial charge in [-0.05, 0) is 252 Å². The number of anilines is 4. The Kier molecular flexibility index (Phi) is 33.7. The number of carbonyl (C=O) groups excluding carboxylic acids is 8. The SMILES string of the molecule is COC(=O)[C@H]1OC(=O)N(c2ccccc2)[C@@H]1c1ccc(Br)cc1OCc1ccccc1.O=C(/C=C/[C@H]1OC(=O)N(c2ccccc2)[C@@H]1c1ccc(-c2cccc(O)c2)cc1OCc1ccccc1)c1ccc(F)cc1.O=C(/C=C/[C@H]1OC(=O)N(c2ccccc2)[C@@H]1c1ccc(Br)cc1OCc1ccccc1)c1ccc(F)cc1.O=C(CC[C@H]1OC(=O)N(c2ccccc2)[C@@H]1c1ccc(-c2cccc(O)c2)cc1O)c1ccc(F)cc1. The number of hydrogen-bond donors (Lipinski definition) is 3. The lowest BCUT2D eigenvalue weighted by atomic mass is 9.92. The summed E-state index contributed by atoms with van der Waals surface area (Å²) >= 11 is 7.00. The van der Waals surface area contributed by atoms with Gasteiger partial charge < -0.3 is 53.2 Å². The predicted octanol–water partition coefficient (Wildman–Crippen LogP) is 27.9. The third-order valence-electron chi connectivity index (χ3n) is 25.0. The fraction of sp³-hybridized carbons (Fsp3) is 0.115. The van der Waals surface area contributed by atoms with Crippen LogP contribution in [0.4, 0.5) is 55.1 Å². The monoisotopic (exact) mass is 2130 g/mol. The molecule has 4 aliphatic rings. The number of cyclic esters (lactones) is 4. The van der Waals surface area contributed by atoms with Gasteiger partial charge in [0.2, 0.25) is 6.10 Å². The van der Waals surface area contributed by atoms with Gasteiger partial charge in [0, 0.05) is 77.1 Å². The molecule has 23 nitrogen and oxygen atoms in total.